The van der Waals surface area contributed by atoms with Gasteiger partial charge < -0.3 is 15.2 Å². The number of hydrogen-bond donors (Lipinski definition) is 2. The number of ether oxygens (including phenoxy) is 1. The van der Waals surface area contributed by atoms with Crippen LogP contribution in [-0.4, -0.2) is 23.7 Å². The summed E-state index contributed by atoms with van der Waals surface area (Å²) in [5.74, 6) is 0.896. The molecule has 1 atom stereocenters. The molecule has 2 aromatic rings. The predicted molar refractivity (Wildman–Crippen MR) is 86.9 cm³/mol. The molecule has 2 heterocycles. The van der Waals surface area contributed by atoms with Gasteiger partial charge in [-0.15, -0.1) is 0 Å². The number of hydrogen-bond acceptors (Lipinski definition) is 4. The van der Waals surface area contributed by atoms with E-state index in [1.807, 2.05) is 18.3 Å². The molecule has 1 saturated heterocycles. The standard InChI is InChI=1S/C18H20N2O2/c1-22-17-11-16(21)7-6-13(17)10-14-4-3-9-20-18(14)15-5-2-8-19-12-15/h2,5-8,10-12,18,20-21H,3-4,9H2,1H3/b14-10-. The van der Waals surface area contributed by atoms with Crippen molar-refractivity contribution in [2.24, 2.45) is 0 Å². The lowest BCUT2D eigenvalue weighted by atomic mass is 9.91. The molecule has 114 valence electrons. The van der Waals surface area contributed by atoms with E-state index < -0.39 is 0 Å². The largest absolute Gasteiger partial charge is 0.508 e. The van der Waals surface area contributed by atoms with Gasteiger partial charge in [0, 0.05) is 24.0 Å². The van der Waals surface area contributed by atoms with Crippen molar-refractivity contribution >= 4 is 6.08 Å². The molecule has 1 unspecified atom stereocenters. The van der Waals surface area contributed by atoms with Crippen LogP contribution in [0.4, 0.5) is 0 Å². The quantitative estimate of drug-likeness (QED) is 0.912. The molecule has 0 radical (unpaired) electrons. The first-order chi connectivity index (χ1) is 10.8. The minimum Gasteiger partial charge on any atom is -0.508 e. The number of phenolic OH excluding ortho intramolecular Hbond substituents is 1. The summed E-state index contributed by atoms with van der Waals surface area (Å²) >= 11 is 0. The van der Waals surface area contributed by atoms with Crippen LogP contribution in [0.1, 0.15) is 30.0 Å². The second kappa shape index (κ2) is 6.62. The van der Waals surface area contributed by atoms with Gasteiger partial charge in [-0.05, 0) is 48.7 Å². The Labute approximate surface area is 130 Å². The van der Waals surface area contributed by atoms with Gasteiger partial charge in [-0.1, -0.05) is 12.1 Å². The molecular weight excluding hydrogens is 276 g/mol. The fourth-order valence-corrected chi connectivity index (χ4v) is 2.87. The number of pyridine rings is 1. The normalized spacial score (nSPS) is 20.0. The molecule has 0 saturated carbocycles. The van der Waals surface area contributed by atoms with Crippen LogP contribution in [0.15, 0.2) is 48.3 Å². The van der Waals surface area contributed by atoms with Gasteiger partial charge in [-0.2, -0.15) is 0 Å². The zero-order chi connectivity index (χ0) is 15.4. The lowest BCUT2D eigenvalue weighted by Gasteiger charge is -2.27. The number of phenols is 1. The van der Waals surface area contributed by atoms with Crippen molar-refractivity contribution in [1.29, 1.82) is 0 Å². The van der Waals surface area contributed by atoms with Gasteiger partial charge in [0.2, 0.25) is 0 Å². The Morgan fingerprint density at radius 1 is 1.36 bits per heavy atom. The van der Waals surface area contributed by atoms with Gasteiger partial charge in [0.25, 0.3) is 0 Å². The third kappa shape index (κ3) is 3.12. The van der Waals surface area contributed by atoms with Crippen molar-refractivity contribution in [1.82, 2.24) is 10.3 Å². The molecule has 1 aliphatic heterocycles. The summed E-state index contributed by atoms with van der Waals surface area (Å²) in [6.07, 6.45) is 8.01. The molecule has 0 amide bonds. The van der Waals surface area contributed by atoms with Crippen LogP contribution < -0.4 is 10.1 Å². The first-order valence-electron chi connectivity index (χ1n) is 7.48. The highest BCUT2D eigenvalue weighted by molar-refractivity contribution is 5.62. The number of piperidine rings is 1. The Morgan fingerprint density at radius 2 is 2.27 bits per heavy atom. The average Bonchev–Trinajstić information content (AvgIpc) is 2.57. The van der Waals surface area contributed by atoms with Crippen LogP contribution in [0, 0.1) is 0 Å². The van der Waals surface area contributed by atoms with E-state index in [1.54, 1.807) is 25.4 Å². The summed E-state index contributed by atoms with van der Waals surface area (Å²) in [4.78, 5) is 4.22. The summed E-state index contributed by atoms with van der Waals surface area (Å²) in [7, 11) is 1.62. The number of benzene rings is 1. The van der Waals surface area contributed by atoms with Crippen LogP contribution in [0.3, 0.4) is 0 Å². The molecule has 4 heteroatoms. The van der Waals surface area contributed by atoms with E-state index in [-0.39, 0.29) is 11.8 Å². The van der Waals surface area contributed by atoms with Gasteiger partial charge in [-0.3, -0.25) is 4.98 Å². The molecule has 22 heavy (non-hydrogen) atoms. The molecule has 0 spiro atoms. The van der Waals surface area contributed by atoms with E-state index in [4.69, 9.17) is 4.74 Å². The Balaban J connectivity index is 1.97. The lowest BCUT2D eigenvalue weighted by Crippen LogP contribution is -2.28. The molecule has 1 fully saturated rings. The Kier molecular flexibility index (Phi) is 4.39. The number of rotatable bonds is 3. The zero-order valence-electron chi connectivity index (χ0n) is 12.6. The third-order valence-electron chi connectivity index (χ3n) is 3.94. The van der Waals surface area contributed by atoms with E-state index in [1.165, 1.54) is 11.1 Å². The van der Waals surface area contributed by atoms with Crippen molar-refractivity contribution < 1.29 is 9.84 Å². The van der Waals surface area contributed by atoms with Crippen molar-refractivity contribution in [3.05, 3.63) is 59.4 Å². The average molecular weight is 296 g/mol. The van der Waals surface area contributed by atoms with Crippen molar-refractivity contribution in [2.45, 2.75) is 18.9 Å². The van der Waals surface area contributed by atoms with Crippen molar-refractivity contribution in [3.8, 4) is 11.5 Å². The fraction of sp³-hybridized carbons (Fsp3) is 0.278. The third-order valence-corrected chi connectivity index (χ3v) is 3.94. The molecule has 0 aliphatic carbocycles. The Morgan fingerprint density at radius 3 is 3.05 bits per heavy atom. The molecule has 2 N–H and O–H groups in total. The van der Waals surface area contributed by atoms with Crippen LogP contribution in [0.25, 0.3) is 6.08 Å². The van der Waals surface area contributed by atoms with Crippen LogP contribution in [-0.2, 0) is 0 Å². The van der Waals surface area contributed by atoms with Crippen LogP contribution in [0.2, 0.25) is 0 Å². The number of nitrogens with zero attached hydrogens (tertiary/aromatic N) is 1. The Bertz CT molecular complexity index is 668. The summed E-state index contributed by atoms with van der Waals surface area (Å²) in [6, 6.07) is 9.45. The van der Waals surface area contributed by atoms with Gasteiger partial charge in [0.1, 0.15) is 11.5 Å². The van der Waals surface area contributed by atoms with Crippen molar-refractivity contribution in [2.75, 3.05) is 13.7 Å². The molecule has 3 rings (SSSR count). The second-order valence-electron chi connectivity index (χ2n) is 5.42. The summed E-state index contributed by atoms with van der Waals surface area (Å²) < 4.78 is 5.37. The first-order valence-corrected chi connectivity index (χ1v) is 7.48. The van der Waals surface area contributed by atoms with Gasteiger partial charge >= 0.3 is 0 Å². The number of methoxy groups -OCH3 is 1. The summed E-state index contributed by atoms with van der Waals surface area (Å²) in [5, 5.41) is 13.1. The molecule has 1 aliphatic rings. The highest BCUT2D eigenvalue weighted by atomic mass is 16.5. The Hall–Kier alpha value is -2.33. The fourth-order valence-electron chi connectivity index (χ4n) is 2.87. The SMILES string of the molecule is COc1cc(O)ccc1/C=C1/CCCNC1c1cccnc1. The topological polar surface area (TPSA) is 54.4 Å². The van der Waals surface area contributed by atoms with Gasteiger partial charge in [-0.25, -0.2) is 0 Å². The maximum Gasteiger partial charge on any atom is 0.129 e. The van der Waals surface area contributed by atoms with Gasteiger partial charge in [0.15, 0.2) is 0 Å². The summed E-state index contributed by atoms with van der Waals surface area (Å²) in [5.41, 5.74) is 3.46. The minimum absolute atomic E-state index is 0.181. The van der Waals surface area contributed by atoms with E-state index in [0.29, 0.717) is 5.75 Å². The molecular formula is C18H20N2O2. The summed E-state index contributed by atoms with van der Waals surface area (Å²) in [6.45, 7) is 1.00. The molecule has 1 aromatic carbocycles. The minimum atomic E-state index is 0.181. The highest BCUT2D eigenvalue weighted by Crippen LogP contribution is 2.33. The molecule has 0 bridgehead atoms. The monoisotopic (exact) mass is 296 g/mol. The van der Waals surface area contributed by atoms with Gasteiger partial charge in [0.05, 0.1) is 13.2 Å². The second-order valence-corrected chi connectivity index (χ2v) is 5.42. The predicted octanol–water partition coefficient (Wildman–Crippen LogP) is 3.30. The van der Waals surface area contributed by atoms with Crippen molar-refractivity contribution in [3.63, 3.8) is 0 Å². The van der Waals surface area contributed by atoms with E-state index in [9.17, 15) is 5.11 Å². The molecule has 4 nitrogen and oxygen atoms in total. The number of aromatic hydroxyl groups is 1. The molecule has 1 aromatic heterocycles. The lowest BCUT2D eigenvalue weighted by molar-refractivity contribution is 0.406. The number of aromatic nitrogens is 1. The maximum atomic E-state index is 9.58. The van der Waals surface area contributed by atoms with E-state index in [2.05, 4.69) is 22.4 Å². The van der Waals surface area contributed by atoms with E-state index >= 15 is 0 Å². The smallest absolute Gasteiger partial charge is 0.129 e. The number of nitrogens with one attached hydrogen (secondary N) is 1. The zero-order valence-corrected chi connectivity index (χ0v) is 12.6. The first kappa shape index (κ1) is 14.6. The maximum absolute atomic E-state index is 9.58. The highest BCUT2D eigenvalue weighted by Gasteiger charge is 2.20. The van der Waals surface area contributed by atoms with E-state index in [0.717, 1.165) is 24.9 Å². The van der Waals surface area contributed by atoms with Crippen LogP contribution >= 0.6 is 0 Å². The van der Waals surface area contributed by atoms with Crippen LogP contribution in [0.5, 0.6) is 11.5 Å².